The van der Waals surface area contributed by atoms with Gasteiger partial charge >= 0.3 is 0 Å². The van der Waals surface area contributed by atoms with Gasteiger partial charge in [-0.2, -0.15) is 0 Å². The molecule has 1 heterocycles. The van der Waals surface area contributed by atoms with Crippen LogP contribution in [0.25, 0.3) is 0 Å². The van der Waals surface area contributed by atoms with Gasteiger partial charge in [0.15, 0.2) is 0 Å². The molecule has 1 fully saturated rings. The lowest BCUT2D eigenvalue weighted by Gasteiger charge is -2.27. The van der Waals surface area contributed by atoms with Crippen LogP contribution in [0.5, 0.6) is 5.75 Å². The Hall–Kier alpha value is -1.06. The highest BCUT2D eigenvalue weighted by molar-refractivity contribution is 5.45. The van der Waals surface area contributed by atoms with Crippen LogP contribution >= 0.6 is 0 Å². The van der Waals surface area contributed by atoms with Crippen LogP contribution in [0.15, 0.2) is 18.2 Å². The first-order chi connectivity index (χ1) is 10.1. The minimum absolute atomic E-state index is 0.0853. The topological polar surface area (TPSA) is 41.5 Å². The number of para-hydroxylation sites is 1. The lowest BCUT2D eigenvalue weighted by atomic mass is 9.86. The number of hydrogen-bond acceptors (Lipinski definition) is 3. The standard InChI is InChI=1S/C18H27NO2/c1-18(2)10-13-7-5-8-15(17(13)21-18)12-19-11-14-6-3-4-9-16(14)20/h5,7-8,14,16,19-20H,3-4,6,9-12H2,1-2H3. The van der Waals surface area contributed by atoms with E-state index >= 15 is 0 Å². The molecule has 2 N–H and O–H groups in total. The molecule has 3 heteroatoms. The van der Waals surface area contributed by atoms with Crippen LogP contribution in [-0.4, -0.2) is 23.4 Å². The Morgan fingerprint density at radius 2 is 2.10 bits per heavy atom. The molecule has 1 aromatic carbocycles. The highest BCUT2D eigenvalue weighted by Gasteiger charge is 2.31. The van der Waals surface area contributed by atoms with E-state index in [1.54, 1.807) is 0 Å². The van der Waals surface area contributed by atoms with E-state index < -0.39 is 0 Å². The van der Waals surface area contributed by atoms with Crippen molar-refractivity contribution in [3.8, 4) is 5.75 Å². The molecule has 1 aromatic rings. The maximum Gasteiger partial charge on any atom is 0.127 e. The third kappa shape index (κ3) is 3.41. The Labute approximate surface area is 127 Å². The first-order valence-electron chi connectivity index (χ1n) is 8.24. The first kappa shape index (κ1) is 14.9. The minimum atomic E-state index is -0.122. The fourth-order valence-electron chi connectivity index (χ4n) is 3.64. The van der Waals surface area contributed by atoms with Crippen LogP contribution < -0.4 is 10.1 Å². The Kier molecular flexibility index (Phi) is 4.23. The maximum absolute atomic E-state index is 10.0. The third-order valence-electron chi connectivity index (χ3n) is 4.76. The van der Waals surface area contributed by atoms with Crippen molar-refractivity contribution in [2.75, 3.05) is 6.54 Å². The zero-order valence-corrected chi connectivity index (χ0v) is 13.2. The summed E-state index contributed by atoms with van der Waals surface area (Å²) in [6.45, 7) is 6.00. The second kappa shape index (κ2) is 5.98. The van der Waals surface area contributed by atoms with Gasteiger partial charge in [0, 0.05) is 25.1 Å². The second-order valence-corrected chi connectivity index (χ2v) is 7.19. The molecule has 0 amide bonds. The molecule has 0 aromatic heterocycles. The highest BCUT2D eigenvalue weighted by Crippen LogP contribution is 2.37. The largest absolute Gasteiger partial charge is 0.487 e. The van der Waals surface area contributed by atoms with Gasteiger partial charge in [0.25, 0.3) is 0 Å². The molecular weight excluding hydrogens is 262 g/mol. The van der Waals surface area contributed by atoms with Crippen molar-refractivity contribution >= 4 is 0 Å². The SMILES string of the molecule is CC1(C)Cc2cccc(CNCC3CCCCC3O)c2O1. The van der Waals surface area contributed by atoms with E-state index in [0.29, 0.717) is 5.92 Å². The molecule has 0 saturated heterocycles. The third-order valence-corrected chi connectivity index (χ3v) is 4.76. The maximum atomic E-state index is 10.0. The van der Waals surface area contributed by atoms with Gasteiger partial charge in [0.2, 0.25) is 0 Å². The summed E-state index contributed by atoms with van der Waals surface area (Å²) in [6, 6.07) is 6.43. The summed E-state index contributed by atoms with van der Waals surface area (Å²) in [5.74, 6) is 1.48. The molecule has 1 aliphatic heterocycles. The summed E-state index contributed by atoms with van der Waals surface area (Å²) in [5, 5.41) is 13.5. The lowest BCUT2D eigenvalue weighted by molar-refractivity contribution is 0.0694. The fourth-order valence-corrected chi connectivity index (χ4v) is 3.64. The van der Waals surface area contributed by atoms with Crippen molar-refractivity contribution in [1.29, 1.82) is 0 Å². The number of ether oxygens (including phenoxy) is 1. The molecule has 3 rings (SSSR count). The number of hydrogen-bond donors (Lipinski definition) is 2. The quantitative estimate of drug-likeness (QED) is 0.895. The molecule has 3 nitrogen and oxygen atoms in total. The summed E-state index contributed by atoms with van der Waals surface area (Å²) in [6.07, 6.45) is 5.39. The van der Waals surface area contributed by atoms with Gasteiger partial charge in [-0.05, 0) is 38.2 Å². The van der Waals surface area contributed by atoms with E-state index in [2.05, 4.69) is 37.4 Å². The van der Waals surface area contributed by atoms with Crippen LogP contribution in [0.3, 0.4) is 0 Å². The van der Waals surface area contributed by atoms with Gasteiger partial charge in [-0.3, -0.25) is 0 Å². The molecule has 21 heavy (non-hydrogen) atoms. The van der Waals surface area contributed by atoms with E-state index in [9.17, 15) is 5.11 Å². The molecule has 2 aliphatic rings. The Balaban J connectivity index is 1.58. The van der Waals surface area contributed by atoms with E-state index in [1.807, 2.05) is 0 Å². The van der Waals surface area contributed by atoms with Gasteiger partial charge in [-0.15, -0.1) is 0 Å². The van der Waals surface area contributed by atoms with E-state index in [0.717, 1.165) is 38.1 Å². The van der Waals surface area contributed by atoms with Crippen molar-refractivity contribution in [1.82, 2.24) is 5.32 Å². The number of aliphatic hydroxyl groups is 1. The molecule has 0 radical (unpaired) electrons. The van der Waals surface area contributed by atoms with Gasteiger partial charge in [-0.1, -0.05) is 31.0 Å². The highest BCUT2D eigenvalue weighted by atomic mass is 16.5. The monoisotopic (exact) mass is 289 g/mol. The normalized spacial score (nSPS) is 27.2. The van der Waals surface area contributed by atoms with E-state index in [1.165, 1.54) is 24.0 Å². The molecule has 2 unspecified atom stereocenters. The zero-order valence-electron chi connectivity index (χ0n) is 13.2. The molecule has 116 valence electrons. The van der Waals surface area contributed by atoms with Gasteiger partial charge in [0.1, 0.15) is 11.4 Å². The Morgan fingerprint density at radius 1 is 1.29 bits per heavy atom. The van der Waals surface area contributed by atoms with Crippen LogP contribution in [0.2, 0.25) is 0 Å². The molecule has 0 bridgehead atoms. The number of rotatable bonds is 4. The van der Waals surface area contributed by atoms with E-state index in [-0.39, 0.29) is 11.7 Å². The van der Waals surface area contributed by atoms with Gasteiger partial charge in [0.05, 0.1) is 6.10 Å². The van der Waals surface area contributed by atoms with Crippen molar-refractivity contribution in [3.63, 3.8) is 0 Å². The Bertz CT molecular complexity index is 498. The first-order valence-corrected chi connectivity index (χ1v) is 8.24. The average Bonchev–Trinajstić information content (AvgIpc) is 2.76. The van der Waals surface area contributed by atoms with Gasteiger partial charge < -0.3 is 15.2 Å². The fraction of sp³-hybridized carbons (Fsp3) is 0.667. The predicted octanol–water partition coefficient (Wildman–Crippen LogP) is 3.04. The van der Waals surface area contributed by atoms with Crippen LogP contribution in [0.4, 0.5) is 0 Å². The van der Waals surface area contributed by atoms with Crippen LogP contribution in [-0.2, 0) is 13.0 Å². The predicted molar refractivity (Wildman–Crippen MR) is 84.5 cm³/mol. The van der Waals surface area contributed by atoms with E-state index in [4.69, 9.17) is 4.74 Å². The number of nitrogens with one attached hydrogen (secondary N) is 1. The average molecular weight is 289 g/mol. The lowest BCUT2D eigenvalue weighted by Crippen LogP contribution is -2.33. The van der Waals surface area contributed by atoms with Crippen molar-refractivity contribution < 1.29 is 9.84 Å². The summed E-state index contributed by atoms with van der Waals surface area (Å²) in [4.78, 5) is 0. The summed E-state index contributed by atoms with van der Waals surface area (Å²) >= 11 is 0. The number of benzene rings is 1. The second-order valence-electron chi connectivity index (χ2n) is 7.19. The van der Waals surface area contributed by atoms with Gasteiger partial charge in [-0.25, -0.2) is 0 Å². The number of fused-ring (bicyclic) bond motifs is 1. The summed E-state index contributed by atoms with van der Waals surface area (Å²) in [5.41, 5.74) is 2.47. The molecule has 0 spiro atoms. The van der Waals surface area contributed by atoms with Crippen LogP contribution in [0.1, 0.15) is 50.7 Å². The molecule has 1 saturated carbocycles. The number of aliphatic hydroxyl groups excluding tert-OH is 1. The smallest absolute Gasteiger partial charge is 0.127 e. The van der Waals surface area contributed by atoms with Crippen molar-refractivity contribution in [2.45, 2.75) is 64.2 Å². The molecule has 2 atom stereocenters. The molecule has 1 aliphatic carbocycles. The van der Waals surface area contributed by atoms with Crippen LogP contribution in [0, 0.1) is 5.92 Å². The summed E-state index contributed by atoms with van der Waals surface area (Å²) < 4.78 is 6.10. The summed E-state index contributed by atoms with van der Waals surface area (Å²) in [7, 11) is 0. The Morgan fingerprint density at radius 3 is 2.90 bits per heavy atom. The van der Waals surface area contributed by atoms with Crippen molar-refractivity contribution in [3.05, 3.63) is 29.3 Å². The van der Waals surface area contributed by atoms with Crippen molar-refractivity contribution in [2.24, 2.45) is 5.92 Å². The zero-order chi connectivity index (χ0) is 14.9. The minimum Gasteiger partial charge on any atom is -0.487 e. The molecular formula is C18H27NO2.